The summed E-state index contributed by atoms with van der Waals surface area (Å²) in [6, 6.07) is 0. The van der Waals surface area contributed by atoms with Gasteiger partial charge in [0, 0.05) is 10.9 Å². The van der Waals surface area contributed by atoms with Gasteiger partial charge in [0.15, 0.2) is 0 Å². The third-order valence-corrected chi connectivity index (χ3v) is 1.78. The van der Waals surface area contributed by atoms with Gasteiger partial charge in [-0.25, -0.2) is 9.97 Å². The van der Waals surface area contributed by atoms with E-state index in [1.807, 2.05) is 32.9 Å². The molecule has 0 atom stereocenters. The molecule has 68 valence electrons. The van der Waals surface area contributed by atoms with Gasteiger partial charge in [-0.05, 0) is 26.8 Å². The minimum atomic E-state index is 0.968. The van der Waals surface area contributed by atoms with E-state index in [4.69, 9.17) is 0 Å². The summed E-state index contributed by atoms with van der Waals surface area (Å²) in [6.45, 7) is 9.75. The van der Waals surface area contributed by atoms with Gasteiger partial charge in [-0.3, -0.25) is 0 Å². The van der Waals surface area contributed by atoms with Gasteiger partial charge in [0.05, 0.1) is 5.35 Å². The highest BCUT2D eigenvalue weighted by atomic mass is 14.8. The van der Waals surface area contributed by atoms with Crippen LogP contribution in [0.15, 0.2) is 18.5 Å². The highest BCUT2D eigenvalue weighted by Gasteiger charge is 1.91. The molecule has 2 heteroatoms. The minimum Gasteiger partial charge on any atom is -0.241 e. The lowest BCUT2D eigenvalue weighted by Gasteiger charge is -1.94. The number of allylic oxidation sites excluding steroid dienone is 1. The molecule has 0 saturated heterocycles. The average Bonchev–Trinajstić information content (AvgIpc) is 2.08. The maximum atomic E-state index is 4.17. The van der Waals surface area contributed by atoms with Gasteiger partial charge in [-0.15, -0.1) is 0 Å². The van der Waals surface area contributed by atoms with Gasteiger partial charge < -0.3 is 0 Å². The fourth-order valence-electron chi connectivity index (χ4n) is 1.16. The predicted octanol–water partition coefficient (Wildman–Crippen LogP) is 0.942. The van der Waals surface area contributed by atoms with E-state index < -0.39 is 0 Å². The molecule has 0 aliphatic rings. The molecule has 1 aromatic rings. The van der Waals surface area contributed by atoms with Gasteiger partial charge in [-0.2, -0.15) is 0 Å². The summed E-state index contributed by atoms with van der Waals surface area (Å²) < 4.78 is 0. The van der Waals surface area contributed by atoms with Crippen LogP contribution in [0, 0.1) is 6.92 Å². The topological polar surface area (TPSA) is 25.8 Å². The molecule has 1 aromatic heterocycles. The second kappa shape index (κ2) is 3.99. The molecule has 0 fully saturated rings. The maximum absolute atomic E-state index is 4.17. The number of aryl methyl sites for hydroxylation is 1. The summed E-state index contributed by atoms with van der Waals surface area (Å²) in [5.41, 5.74) is 2.01. The molecular weight excluding hydrogens is 160 g/mol. The normalized spacial score (nSPS) is 13.5. The van der Waals surface area contributed by atoms with Crippen molar-refractivity contribution in [2.24, 2.45) is 0 Å². The molecule has 1 heterocycles. The first kappa shape index (κ1) is 9.65. The van der Waals surface area contributed by atoms with Gasteiger partial charge in [-0.1, -0.05) is 18.2 Å². The van der Waals surface area contributed by atoms with Crippen molar-refractivity contribution < 1.29 is 0 Å². The standard InChI is InChI=1S/C11H14N2/c1-5-11-10(6-8(2)3)9(4)12-7-13-11/h5-7H,2H2,1,3-4H3/b10-6-,11-5+. The Kier molecular flexibility index (Phi) is 2.96. The van der Waals surface area contributed by atoms with Crippen molar-refractivity contribution >= 4 is 12.2 Å². The Bertz CT molecular complexity index is 430. The van der Waals surface area contributed by atoms with Crippen molar-refractivity contribution in [3.05, 3.63) is 34.7 Å². The molecule has 0 saturated carbocycles. The summed E-state index contributed by atoms with van der Waals surface area (Å²) in [5, 5.41) is 2.04. The third-order valence-electron chi connectivity index (χ3n) is 1.78. The first-order valence-corrected chi connectivity index (χ1v) is 4.26. The quantitative estimate of drug-likeness (QED) is 0.633. The van der Waals surface area contributed by atoms with E-state index in [1.165, 1.54) is 0 Å². The number of nitrogens with zero attached hydrogens (tertiary/aromatic N) is 2. The zero-order chi connectivity index (χ0) is 9.84. The van der Waals surface area contributed by atoms with Crippen molar-refractivity contribution in [3.8, 4) is 0 Å². The van der Waals surface area contributed by atoms with E-state index in [2.05, 4.69) is 16.5 Å². The van der Waals surface area contributed by atoms with Crippen LogP contribution >= 0.6 is 0 Å². The number of aromatic nitrogens is 2. The molecule has 0 amide bonds. The minimum absolute atomic E-state index is 0.968. The Hall–Kier alpha value is -1.44. The Balaban J connectivity index is 3.60. The Labute approximate surface area is 78.4 Å². The molecule has 0 N–H and O–H groups in total. The summed E-state index contributed by atoms with van der Waals surface area (Å²) >= 11 is 0. The van der Waals surface area contributed by atoms with Gasteiger partial charge in [0.25, 0.3) is 0 Å². The molecule has 0 spiro atoms. The second-order valence-corrected chi connectivity index (χ2v) is 3.04. The largest absolute Gasteiger partial charge is 0.241 e. The van der Waals surface area contributed by atoms with Crippen LogP contribution in [0.4, 0.5) is 0 Å². The maximum Gasteiger partial charge on any atom is 0.116 e. The molecule has 0 radical (unpaired) electrons. The first-order valence-electron chi connectivity index (χ1n) is 4.26. The van der Waals surface area contributed by atoms with Crippen LogP contribution in [0.2, 0.25) is 0 Å². The van der Waals surface area contributed by atoms with Crippen molar-refractivity contribution in [1.82, 2.24) is 9.97 Å². The smallest absolute Gasteiger partial charge is 0.116 e. The first-order chi connectivity index (χ1) is 6.15. The van der Waals surface area contributed by atoms with Crippen LogP contribution in [0.25, 0.3) is 12.2 Å². The fraction of sp³-hybridized carbons (Fsp3) is 0.273. The molecule has 0 unspecified atom stereocenters. The van der Waals surface area contributed by atoms with Crippen molar-refractivity contribution in [1.29, 1.82) is 0 Å². The second-order valence-electron chi connectivity index (χ2n) is 3.04. The van der Waals surface area contributed by atoms with Gasteiger partial charge in [0.1, 0.15) is 6.33 Å². The van der Waals surface area contributed by atoms with Gasteiger partial charge >= 0.3 is 0 Å². The van der Waals surface area contributed by atoms with Gasteiger partial charge in [0.2, 0.25) is 0 Å². The summed E-state index contributed by atoms with van der Waals surface area (Å²) in [4.78, 5) is 8.31. The molecule has 2 nitrogen and oxygen atoms in total. The van der Waals surface area contributed by atoms with Crippen LogP contribution in [0.5, 0.6) is 0 Å². The summed E-state index contributed by atoms with van der Waals surface area (Å²) in [7, 11) is 0. The lowest BCUT2D eigenvalue weighted by molar-refractivity contribution is 1.04. The van der Waals surface area contributed by atoms with E-state index in [0.717, 1.165) is 21.8 Å². The summed E-state index contributed by atoms with van der Waals surface area (Å²) in [5.74, 6) is 0. The highest BCUT2D eigenvalue weighted by Crippen LogP contribution is 1.86. The Morgan fingerprint density at radius 1 is 1.46 bits per heavy atom. The van der Waals surface area contributed by atoms with E-state index in [-0.39, 0.29) is 0 Å². The number of rotatable bonds is 1. The van der Waals surface area contributed by atoms with Crippen LogP contribution in [-0.4, -0.2) is 9.97 Å². The third kappa shape index (κ3) is 2.25. The molecule has 0 bridgehead atoms. The molecule has 13 heavy (non-hydrogen) atoms. The van der Waals surface area contributed by atoms with Crippen LogP contribution in [-0.2, 0) is 0 Å². The Morgan fingerprint density at radius 2 is 2.15 bits per heavy atom. The van der Waals surface area contributed by atoms with E-state index >= 15 is 0 Å². The SMILES string of the molecule is C=C(C)/C=c1/c(C)ncn/c1=C/C. The van der Waals surface area contributed by atoms with Crippen molar-refractivity contribution in [3.63, 3.8) is 0 Å². The van der Waals surface area contributed by atoms with E-state index in [0.29, 0.717) is 0 Å². The molecule has 1 rings (SSSR count). The van der Waals surface area contributed by atoms with Crippen LogP contribution in [0.1, 0.15) is 19.5 Å². The lowest BCUT2D eigenvalue weighted by atomic mass is 10.2. The highest BCUT2D eigenvalue weighted by molar-refractivity contribution is 5.44. The monoisotopic (exact) mass is 174 g/mol. The number of hydrogen-bond donors (Lipinski definition) is 0. The van der Waals surface area contributed by atoms with Crippen molar-refractivity contribution in [2.45, 2.75) is 20.8 Å². The summed E-state index contributed by atoms with van der Waals surface area (Å²) in [6.07, 6.45) is 5.56. The number of hydrogen-bond acceptors (Lipinski definition) is 2. The van der Waals surface area contributed by atoms with E-state index in [9.17, 15) is 0 Å². The zero-order valence-corrected chi connectivity index (χ0v) is 8.33. The Morgan fingerprint density at radius 3 is 2.69 bits per heavy atom. The molecule has 0 aromatic carbocycles. The van der Waals surface area contributed by atoms with Crippen molar-refractivity contribution in [2.75, 3.05) is 0 Å². The van der Waals surface area contributed by atoms with Crippen LogP contribution < -0.4 is 10.6 Å². The average molecular weight is 174 g/mol. The zero-order valence-electron chi connectivity index (χ0n) is 8.33. The molecular formula is C11H14N2. The predicted molar refractivity (Wildman–Crippen MR) is 55.4 cm³/mol. The molecule has 0 aliphatic carbocycles. The fourth-order valence-corrected chi connectivity index (χ4v) is 1.16. The van der Waals surface area contributed by atoms with Crippen LogP contribution in [0.3, 0.4) is 0 Å². The lowest BCUT2D eigenvalue weighted by Crippen LogP contribution is -2.31. The molecule has 0 aliphatic heterocycles. The van der Waals surface area contributed by atoms with E-state index in [1.54, 1.807) is 6.33 Å².